The summed E-state index contributed by atoms with van der Waals surface area (Å²) in [6, 6.07) is 14.0. The van der Waals surface area contributed by atoms with E-state index >= 15 is 0 Å². The Hall–Kier alpha value is -2.71. The molecule has 150 valence electrons. The standard InChI is InChI=1S/C21H21N3O3S2/c1-15-4-7-18(8-5-15)29(26,27)13-10-20(25)24-19-9-6-17(14-16(19)2)28-21-22-11-3-12-23-21/h3-9,11-12,14H,10,13H2,1-2H3,(H,24,25). The molecule has 0 unspecified atom stereocenters. The fourth-order valence-corrected chi connectivity index (χ4v) is 4.64. The number of aryl methyl sites for hydroxylation is 2. The Morgan fingerprint density at radius 2 is 1.72 bits per heavy atom. The fraction of sp³-hybridized carbons (Fsp3) is 0.190. The van der Waals surface area contributed by atoms with Crippen LogP contribution in [0.2, 0.25) is 0 Å². The zero-order chi connectivity index (χ0) is 20.9. The molecule has 0 aliphatic heterocycles. The molecule has 0 saturated carbocycles. The number of carbonyl (C=O) groups excluding carboxylic acids is 1. The van der Waals surface area contributed by atoms with Gasteiger partial charge in [0.25, 0.3) is 0 Å². The predicted octanol–water partition coefficient (Wildman–Crippen LogP) is 4.05. The van der Waals surface area contributed by atoms with Crippen LogP contribution in [-0.4, -0.2) is 30.0 Å². The van der Waals surface area contributed by atoms with Crippen molar-refractivity contribution < 1.29 is 13.2 Å². The van der Waals surface area contributed by atoms with E-state index in [2.05, 4.69) is 15.3 Å². The summed E-state index contributed by atoms with van der Waals surface area (Å²) in [4.78, 5) is 21.8. The normalized spacial score (nSPS) is 11.2. The quantitative estimate of drug-likeness (QED) is 0.572. The van der Waals surface area contributed by atoms with Gasteiger partial charge in [-0.15, -0.1) is 0 Å². The zero-order valence-electron chi connectivity index (χ0n) is 16.1. The van der Waals surface area contributed by atoms with Gasteiger partial charge in [-0.2, -0.15) is 0 Å². The van der Waals surface area contributed by atoms with Gasteiger partial charge in [-0.3, -0.25) is 4.79 Å². The van der Waals surface area contributed by atoms with E-state index < -0.39 is 9.84 Å². The smallest absolute Gasteiger partial charge is 0.225 e. The minimum Gasteiger partial charge on any atom is -0.326 e. The third-order valence-electron chi connectivity index (χ3n) is 4.20. The Morgan fingerprint density at radius 3 is 2.38 bits per heavy atom. The van der Waals surface area contributed by atoms with E-state index in [0.717, 1.165) is 16.0 Å². The van der Waals surface area contributed by atoms with Gasteiger partial charge in [0.2, 0.25) is 5.91 Å². The van der Waals surface area contributed by atoms with E-state index in [-0.39, 0.29) is 23.0 Å². The van der Waals surface area contributed by atoms with Crippen LogP contribution >= 0.6 is 11.8 Å². The maximum Gasteiger partial charge on any atom is 0.225 e. The summed E-state index contributed by atoms with van der Waals surface area (Å²) in [7, 11) is -3.49. The van der Waals surface area contributed by atoms with Crippen molar-refractivity contribution in [2.75, 3.05) is 11.1 Å². The van der Waals surface area contributed by atoms with Crippen molar-refractivity contribution in [2.45, 2.75) is 35.2 Å². The Kier molecular flexibility index (Phi) is 6.66. The lowest BCUT2D eigenvalue weighted by Gasteiger charge is -2.10. The molecule has 0 radical (unpaired) electrons. The number of aromatic nitrogens is 2. The summed E-state index contributed by atoms with van der Waals surface area (Å²) >= 11 is 1.43. The number of nitrogens with zero attached hydrogens (tertiary/aromatic N) is 2. The first-order valence-electron chi connectivity index (χ1n) is 8.98. The fourth-order valence-electron chi connectivity index (χ4n) is 2.59. The molecule has 8 heteroatoms. The molecule has 0 bridgehead atoms. The van der Waals surface area contributed by atoms with Crippen LogP contribution in [0.1, 0.15) is 17.5 Å². The van der Waals surface area contributed by atoms with Crippen molar-refractivity contribution in [3.63, 3.8) is 0 Å². The van der Waals surface area contributed by atoms with E-state index in [1.54, 1.807) is 48.8 Å². The van der Waals surface area contributed by atoms with E-state index in [1.807, 2.05) is 26.0 Å². The summed E-state index contributed by atoms with van der Waals surface area (Å²) < 4.78 is 24.8. The summed E-state index contributed by atoms with van der Waals surface area (Å²) in [6.45, 7) is 3.78. The van der Waals surface area contributed by atoms with Crippen molar-refractivity contribution >= 4 is 33.2 Å². The van der Waals surface area contributed by atoms with Crippen LogP contribution in [0.25, 0.3) is 0 Å². The van der Waals surface area contributed by atoms with Gasteiger partial charge in [-0.05, 0) is 67.6 Å². The monoisotopic (exact) mass is 427 g/mol. The molecule has 1 heterocycles. The molecule has 1 aromatic heterocycles. The minimum absolute atomic E-state index is 0.107. The minimum atomic E-state index is -3.49. The number of hydrogen-bond donors (Lipinski definition) is 1. The maximum absolute atomic E-state index is 12.4. The van der Waals surface area contributed by atoms with Crippen molar-refractivity contribution in [2.24, 2.45) is 0 Å². The summed E-state index contributed by atoms with van der Waals surface area (Å²) in [5, 5.41) is 3.43. The number of rotatable bonds is 7. The number of carbonyl (C=O) groups is 1. The lowest BCUT2D eigenvalue weighted by molar-refractivity contribution is -0.115. The lowest BCUT2D eigenvalue weighted by atomic mass is 10.2. The molecular formula is C21H21N3O3S2. The Morgan fingerprint density at radius 1 is 1.03 bits per heavy atom. The predicted molar refractivity (Wildman–Crippen MR) is 114 cm³/mol. The van der Waals surface area contributed by atoms with E-state index in [0.29, 0.717) is 10.8 Å². The second-order valence-electron chi connectivity index (χ2n) is 6.54. The maximum atomic E-state index is 12.4. The first kappa shape index (κ1) is 21.0. The molecular weight excluding hydrogens is 406 g/mol. The van der Waals surface area contributed by atoms with Crippen molar-refractivity contribution in [1.29, 1.82) is 0 Å². The average molecular weight is 428 g/mol. The molecule has 6 nitrogen and oxygen atoms in total. The van der Waals surface area contributed by atoms with Crippen molar-refractivity contribution in [1.82, 2.24) is 9.97 Å². The average Bonchev–Trinajstić information content (AvgIpc) is 2.70. The van der Waals surface area contributed by atoms with Gasteiger partial charge < -0.3 is 5.32 Å². The van der Waals surface area contributed by atoms with Gasteiger partial charge in [0, 0.05) is 29.4 Å². The summed E-state index contributed by atoms with van der Waals surface area (Å²) in [5.41, 5.74) is 2.51. The number of benzene rings is 2. The molecule has 0 atom stereocenters. The molecule has 0 aliphatic carbocycles. The second kappa shape index (κ2) is 9.19. The molecule has 0 fully saturated rings. The molecule has 1 amide bonds. The van der Waals surface area contributed by atoms with Crippen LogP contribution in [0.5, 0.6) is 0 Å². The van der Waals surface area contributed by atoms with Crippen molar-refractivity contribution in [3.8, 4) is 0 Å². The van der Waals surface area contributed by atoms with Gasteiger partial charge in [0.15, 0.2) is 15.0 Å². The highest BCUT2D eigenvalue weighted by Gasteiger charge is 2.17. The van der Waals surface area contributed by atoms with Crippen LogP contribution in [-0.2, 0) is 14.6 Å². The Labute approximate surface area is 174 Å². The molecule has 0 aliphatic rings. The first-order valence-corrected chi connectivity index (χ1v) is 11.5. The van der Waals surface area contributed by atoms with Crippen LogP contribution in [0.4, 0.5) is 5.69 Å². The third kappa shape index (κ3) is 5.88. The van der Waals surface area contributed by atoms with Crippen molar-refractivity contribution in [3.05, 3.63) is 72.1 Å². The number of amides is 1. The molecule has 3 rings (SSSR count). The number of sulfone groups is 1. The molecule has 0 spiro atoms. The third-order valence-corrected chi connectivity index (χ3v) is 6.82. The van der Waals surface area contributed by atoms with Crippen LogP contribution < -0.4 is 5.32 Å². The first-order chi connectivity index (χ1) is 13.8. The van der Waals surface area contributed by atoms with E-state index in [9.17, 15) is 13.2 Å². The largest absolute Gasteiger partial charge is 0.326 e. The molecule has 29 heavy (non-hydrogen) atoms. The van der Waals surface area contributed by atoms with E-state index in [1.165, 1.54) is 11.8 Å². The molecule has 0 saturated heterocycles. The highest BCUT2D eigenvalue weighted by Crippen LogP contribution is 2.28. The SMILES string of the molecule is Cc1ccc(S(=O)(=O)CCC(=O)Nc2ccc(Sc3ncccn3)cc2C)cc1. The van der Waals surface area contributed by atoms with Gasteiger partial charge >= 0.3 is 0 Å². The van der Waals surface area contributed by atoms with Gasteiger partial charge in [-0.25, -0.2) is 18.4 Å². The van der Waals surface area contributed by atoms with Gasteiger partial charge in [0.1, 0.15) is 0 Å². The molecule has 2 aromatic carbocycles. The highest BCUT2D eigenvalue weighted by atomic mass is 32.2. The zero-order valence-corrected chi connectivity index (χ0v) is 17.8. The molecule has 3 aromatic rings. The Balaban J connectivity index is 1.59. The highest BCUT2D eigenvalue weighted by molar-refractivity contribution is 7.99. The Bertz CT molecular complexity index is 1100. The van der Waals surface area contributed by atoms with Crippen LogP contribution in [0.3, 0.4) is 0 Å². The second-order valence-corrected chi connectivity index (χ2v) is 9.69. The van der Waals surface area contributed by atoms with Crippen LogP contribution in [0.15, 0.2) is 75.9 Å². The summed E-state index contributed by atoms with van der Waals surface area (Å²) in [6.07, 6.45) is 3.26. The van der Waals surface area contributed by atoms with Crippen LogP contribution in [0, 0.1) is 13.8 Å². The summed E-state index contributed by atoms with van der Waals surface area (Å²) in [5.74, 6) is -0.573. The number of nitrogens with one attached hydrogen (secondary N) is 1. The molecule has 1 N–H and O–H groups in total. The number of anilines is 1. The van der Waals surface area contributed by atoms with Gasteiger partial charge in [0.05, 0.1) is 10.6 Å². The van der Waals surface area contributed by atoms with Gasteiger partial charge in [-0.1, -0.05) is 17.7 Å². The number of hydrogen-bond acceptors (Lipinski definition) is 6. The van der Waals surface area contributed by atoms with E-state index in [4.69, 9.17) is 0 Å². The topological polar surface area (TPSA) is 89.0 Å². The lowest BCUT2D eigenvalue weighted by Crippen LogP contribution is -2.18.